The van der Waals surface area contributed by atoms with Crippen molar-refractivity contribution in [2.75, 3.05) is 52.4 Å². The van der Waals surface area contributed by atoms with Gasteiger partial charge in [-0.1, -0.05) is 0 Å². The number of alkyl halides is 4. The third kappa shape index (κ3) is 6.36. The molecule has 0 aromatic rings. The van der Waals surface area contributed by atoms with Crippen LogP contribution in [0.25, 0.3) is 0 Å². The lowest BCUT2D eigenvalue weighted by atomic mass is 9.74. The second-order valence-electron chi connectivity index (χ2n) is 10.3. The first-order valence-electron chi connectivity index (χ1n) is 12.4. The topological polar surface area (TPSA) is 71.7 Å². The van der Waals surface area contributed by atoms with Crippen LogP contribution in [0.2, 0.25) is 0 Å². The van der Waals surface area contributed by atoms with Crippen molar-refractivity contribution >= 4 is 6.41 Å². The molecule has 7 unspecified atom stereocenters. The third-order valence-electron chi connectivity index (χ3n) is 8.23. The van der Waals surface area contributed by atoms with Crippen molar-refractivity contribution < 1.29 is 22.4 Å². The van der Waals surface area contributed by atoms with Gasteiger partial charge in [0.1, 0.15) is 6.17 Å². The lowest BCUT2D eigenvalue weighted by Gasteiger charge is -2.43. The first-order chi connectivity index (χ1) is 15.8. The molecule has 3 saturated heterocycles. The average molecular weight is 479 g/mol. The van der Waals surface area contributed by atoms with E-state index in [1.54, 1.807) is 0 Å². The Hall–Kier alpha value is -1.01. The van der Waals surface area contributed by atoms with Gasteiger partial charge < -0.3 is 15.5 Å². The van der Waals surface area contributed by atoms with Crippen LogP contribution in [-0.4, -0.2) is 93.1 Å². The zero-order chi connectivity index (χ0) is 23.4. The highest BCUT2D eigenvalue weighted by molar-refractivity contribution is 5.45. The maximum Gasteiger partial charge on any atom is 0.393 e. The van der Waals surface area contributed by atoms with Crippen LogP contribution in [0.15, 0.2) is 0 Å². The number of amides is 1. The van der Waals surface area contributed by atoms with Gasteiger partial charge in [-0.15, -0.1) is 0 Å². The van der Waals surface area contributed by atoms with Gasteiger partial charge in [-0.3, -0.25) is 20.5 Å². The summed E-state index contributed by atoms with van der Waals surface area (Å²) in [6.45, 7) is 5.78. The standard InChI is InChI=1S/C22H38F4N6O/c23-19-3-1-15(9-16(19)10-27-14-33)21-17(11-29-30-21)13-31-5-7-32(8-6-31)20-4-2-18(12-28-20)22(24,25)26/h14-21,28-30H,1-13H2,(H,27,33). The Morgan fingerprint density at radius 3 is 2.45 bits per heavy atom. The largest absolute Gasteiger partial charge is 0.393 e. The van der Waals surface area contributed by atoms with Crippen LogP contribution >= 0.6 is 0 Å². The number of hydrogen-bond donors (Lipinski definition) is 4. The number of hydrogen-bond acceptors (Lipinski definition) is 6. The molecule has 4 N–H and O–H groups in total. The maximum absolute atomic E-state index is 14.3. The second kappa shape index (κ2) is 11.2. The molecule has 0 aromatic carbocycles. The van der Waals surface area contributed by atoms with Crippen molar-refractivity contribution in [3.63, 3.8) is 0 Å². The number of rotatable bonds is 7. The van der Waals surface area contributed by atoms with Crippen molar-refractivity contribution in [1.29, 1.82) is 0 Å². The zero-order valence-electron chi connectivity index (χ0n) is 19.1. The van der Waals surface area contributed by atoms with Gasteiger partial charge in [-0.2, -0.15) is 13.2 Å². The molecule has 0 spiro atoms. The van der Waals surface area contributed by atoms with Gasteiger partial charge in [0.2, 0.25) is 6.41 Å². The molecule has 33 heavy (non-hydrogen) atoms. The fourth-order valence-corrected chi connectivity index (χ4v) is 6.26. The van der Waals surface area contributed by atoms with E-state index in [4.69, 9.17) is 0 Å². The minimum atomic E-state index is -4.11. The van der Waals surface area contributed by atoms with Crippen LogP contribution < -0.4 is 21.5 Å². The van der Waals surface area contributed by atoms with E-state index in [9.17, 15) is 22.4 Å². The number of nitrogens with zero attached hydrogens (tertiary/aromatic N) is 2. The summed E-state index contributed by atoms with van der Waals surface area (Å²) in [7, 11) is 0. The number of piperidine rings is 1. The Bertz CT molecular complexity index is 624. The Labute approximate surface area is 193 Å². The number of carbonyl (C=O) groups excluding carboxylic acids is 1. The Kier molecular flexibility index (Phi) is 8.48. The summed E-state index contributed by atoms with van der Waals surface area (Å²) in [6.07, 6.45) is -1.35. The number of carbonyl (C=O) groups is 1. The van der Waals surface area contributed by atoms with Crippen molar-refractivity contribution in [1.82, 2.24) is 31.3 Å². The zero-order valence-corrected chi connectivity index (χ0v) is 19.1. The van der Waals surface area contributed by atoms with E-state index in [0.717, 1.165) is 52.1 Å². The molecule has 3 heterocycles. The van der Waals surface area contributed by atoms with Crippen molar-refractivity contribution in [2.45, 2.75) is 56.7 Å². The van der Waals surface area contributed by atoms with Crippen LogP contribution in [-0.2, 0) is 4.79 Å². The number of hydrazine groups is 1. The summed E-state index contributed by atoms with van der Waals surface area (Å²) >= 11 is 0. The lowest BCUT2D eigenvalue weighted by Crippen LogP contribution is -2.58. The first-order valence-corrected chi connectivity index (χ1v) is 12.4. The molecule has 4 fully saturated rings. The van der Waals surface area contributed by atoms with E-state index in [0.29, 0.717) is 37.6 Å². The molecule has 11 heteroatoms. The molecule has 0 bridgehead atoms. The molecule has 1 amide bonds. The molecule has 7 atom stereocenters. The van der Waals surface area contributed by atoms with E-state index in [1.807, 2.05) is 0 Å². The summed E-state index contributed by atoms with van der Waals surface area (Å²) in [5, 5.41) is 5.76. The summed E-state index contributed by atoms with van der Waals surface area (Å²) in [6, 6.07) is 0.286. The fraction of sp³-hybridized carbons (Fsp3) is 0.955. The highest BCUT2D eigenvalue weighted by Crippen LogP contribution is 2.36. The molecule has 0 radical (unpaired) electrons. The van der Waals surface area contributed by atoms with E-state index in [-0.39, 0.29) is 31.1 Å². The smallest absolute Gasteiger partial charge is 0.358 e. The number of halogens is 4. The summed E-state index contributed by atoms with van der Waals surface area (Å²) in [4.78, 5) is 15.4. The minimum Gasteiger partial charge on any atom is -0.358 e. The number of piperazine rings is 1. The Balaban J connectivity index is 1.22. The second-order valence-corrected chi connectivity index (χ2v) is 10.3. The molecule has 1 aliphatic carbocycles. The molecule has 7 nitrogen and oxygen atoms in total. The van der Waals surface area contributed by atoms with Crippen LogP contribution in [0.4, 0.5) is 17.6 Å². The fourth-order valence-electron chi connectivity index (χ4n) is 6.26. The van der Waals surface area contributed by atoms with Gasteiger partial charge in [0.05, 0.1) is 12.1 Å². The Morgan fingerprint density at radius 2 is 1.79 bits per heavy atom. The highest BCUT2D eigenvalue weighted by atomic mass is 19.4. The van der Waals surface area contributed by atoms with Gasteiger partial charge >= 0.3 is 6.18 Å². The van der Waals surface area contributed by atoms with Crippen LogP contribution in [0, 0.1) is 23.7 Å². The maximum atomic E-state index is 14.3. The molecule has 4 aliphatic rings. The molecule has 0 aromatic heterocycles. The number of nitrogens with one attached hydrogen (secondary N) is 4. The minimum absolute atomic E-state index is 0.0139. The predicted octanol–water partition coefficient (Wildman–Crippen LogP) is 1.09. The van der Waals surface area contributed by atoms with E-state index in [1.165, 1.54) is 0 Å². The normalized spacial score (nSPS) is 39.5. The molecular formula is C22H38F4N6O. The van der Waals surface area contributed by atoms with E-state index >= 15 is 0 Å². The predicted molar refractivity (Wildman–Crippen MR) is 117 cm³/mol. The van der Waals surface area contributed by atoms with Gasteiger partial charge in [0.25, 0.3) is 0 Å². The lowest BCUT2D eigenvalue weighted by molar-refractivity contribution is -0.182. The SMILES string of the molecule is O=CNCC1CC(C2NNCC2CN2CCN(C3CCC(C(F)(F)F)CN3)CC2)CCC1F. The van der Waals surface area contributed by atoms with Crippen LogP contribution in [0.3, 0.4) is 0 Å². The molecular weight excluding hydrogens is 440 g/mol. The van der Waals surface area contributed by atoms with Crippen molar-refractivity contribution in [2.24, 2.45) is 23.7 Å². The summed E-state index contributed by atoms with van der Waals surface area (Å²) in [5.74, 6) is -0.543. The van der Waals surface area contributed by atoms with Crippen LogP contribution in [0.1, 0.15) is 32.1 Å². The molecule has 190 valence electrons. The quantitative estimate of drug-likeness (QED) is 0.324. The first kappa shape index (κ1) is 25.1. The Morgan fingerprint density at radius 1 is 1.00 bits per heavy atom. The highest BCUT2D eigenvalue weighted by Gasteiger charge is 2.43. The van der Waals surface area contributed by atoms with Crippen LogP contribution in [0.5, 0.6) is 0 Å². The van der Waals surface area contributed by atoms with Gasteiger partial charge in [0.15, 0.2) is 0 Å². The molecule has 4 rings (SSSR count). The van der Waals surface area contributed by atoms with Crippen molar-refractivity contribution in [3.8, 4) is 0 Å². The van der Waals surface area contributed by atoms with E-state index < -0.39 is 18.3 Å². The van der Waals surface area contributed by atoms with Crippen molar-refractivity contribution in [3.05, 3.63) is 0 Å². The molecule has 1 saturated carbocycles. The molecule has 3 aliphatic heterocycles. The summed E-state index contributed by atoms with van der Waals surface area (Å²) in [5.41, 5.74) is 6.73. The van der Waals surface area contributed by atoms with Gasteiger partial charge in [-0.25, -0.2) is 4.39 Å². The monoisotopic (exact) mass is 478 g/mol. The third-order valence-corrected chi connectivity index (χ3v) is 8.23. The summed E-state index contributed by atoms with van der Waals surface area (Å²) < 4.78 is 53.0. The average Bonchev–Trinajstić information content (AvgIpc) is 3.27. The van der Waals surface area contributed by atoms with Gasteiger partial charge in [-0.05, 0) is 38.0 Å². The van der Waals surface area contributed by atoms with Gasteiger partial charge in [0, 0.05) is 70.2 Å². The van der Waals surface area contributed by atoms with E-state index in [2.05, 4.69) is 31.3 Å².